The Morgan fingerprint density at radius 1 is 1.00 bits per heavy atom. The molecule has 3 aromatic carbocycles. The zero-order valence-electron chi connectivity index (χ0n) is 27.1. The summed E-state index contributed by atoms with van der Waals surface area (Å²) in [6, 6.07) is 14.7. The molecule has 5 aromatic rings. The lowest BCUT2D eigenvalue weighted by Gasteiger charge is -2.40. The number of hydrogen-bond donors (Lipinski definition) is 0. The number of halogens is 6. The Bertz CT molecular complexity index is 2120. The minimum Gasteiger partial charge on any atom is -0.497 e. The van der Waals surface area contributed by atoms with Gasteiger partial charge in [-0.3, -0.25) is 9.69 Å². The van der Waals surface area contributed by atoms with Crippen LogP contribution in [0, 0.1) is 24.4 Å². The summed E-state index contributed by atoms with van der Waals surface area (Å²) in [5.74, 6) is -4.49. The topological polar surface area (TPSA) is 89.3 Å². The van der Waals surface area contributed by atoms with E-state index in [9.17, 15) is 35.9 Å². The maximum atomic E-state index is 14.6. The lowest BCUT2D eigenvalue weighted by molar-refractivity contribution is -0.143. The maximum absolute atomic E-state index is 14.6. The van der Waals surface area contributed by atoms with E-state index in [-0.39, 0.29) is 59.8 Å². The molecule has 9 nitrogen and oxygen atoms in total. The number of carbonyl (C=O) groups excluding carboxylic acids is 2. The van der Waals surface area contributed by atoms with Crippen molar-refractivity contribution in [1.82, 2.24) is 24.4 Å². The molecule has 51 heavy (non-hydrogen) atoms. The first-order valence-corrected chi connectivity index (χ1v) is 15.5. The van der Waals surface area contributed by atoms with Crippen molar-refractivity contribution in [2.45, 2.75) is 25.7 Å². The van der Waals surface area contributed by atoms with Crippen LogP contribution in [0.25, 0.3) is 16.9 Å². The molecule has 15 heteroatoms. The summed E-state index contributed by atoms with van der Waals surface area (Å²) >= 11 is 0. The highest BCUT2D eigenvalue weighted by atomic mass is 19.4. The Morgan fingerprint density at radius 2 is 1.73 bits per heavy atom. The van der Waals surface area contributed by atoms with Gasteiger partial charge in [-0.1, -0.05) is 18.2 Å². The van der Waals surface area contributed by atoms with E-state index in [1.165, 1.54) is 37.1 Å². The summed E-state index contributed by atoms with van der Waals surface area (Å²) in [5.41, 5.74) is -1.58. The van der Waals surface area contributed by atoms with E-state index in [1.54, 1.807) is 47.4 Å². The summed E-state index contributed by atoms with van der Waals surface area (Å²) in [6.07, 6.45) is -1.40. The van der Waals surface area contributed by atoms with Crippen molar-refractivity contribution in [3.8, 4) is 17.0 Å². The van der Waals surface area contributed by atoms with E-state index in [2.05, 4.69) is 10.1 Å². The second-order valence-corrected chi connectivity index (χ2v) is 11.7. The molecule has 1 saturated heterocycles. The summed E-state index contributed by atoms with van der Waals surface area (Å²) in [6.45, 7) is 1.05. The van der Waals surface area contributed by atoms with E-state index < -0.39 is 47.2 Å². The number of alkyl halides is 3. The van der Waals surface area contributed by atoms with Crippen molar-refractivity contribution in [3.63, 3.8) is 0 Å². The number of hydrogen-bond acceptors (Lipinski definition) is 7. The molecule has 2 aromatic heterocycles. The zero-order chi connectivity index (χ0) is 36.4. The van der Waals surface area contributed by atoms with E-state index in [4.69, 9.17) is 9.47 Å². The Labute approximate surface area is 287 Å². The number of piperazine rings is 1. The van der Waals surface area contributed by atoms with Crippen LogP contribution in [-0.4, -0.2) is 69.1 Å². The fourth-order valence-electron chi connectivity index (χ4n) is 5.97. The number of methoxy groups -OCH3 is 1. The molecule has 0 unspecified atom stereocenters. The molecule has 0 saturated carbocycles. The molecule has 0 spiro atoms. The monoisotopic (exact) mass is 709 g/mol. The second-order valence-electron chi connectivity index (χ2n) is 11.7. The third-order valence-corrected chi connectivity index (χ3v) is 8.46. The summed E-state index contributed by atoms with van der Waals surface area (Å²) < 4.78 is 97.0. The van der Waals surface area contributed by atoms with Crippen LogP contribution < -0.4 is 4.74 Å². The van der Waals surface area contributed by atoms with E-state index >= 15 is 0 Å². The first kappa shape index (κ1) is 35.1. The van der Waals surface area contributed by atoms with Gasteiger partial charge < -0.3 is 14.4 Å². The van der Waals surface area contributed by atoms with Gasteiger partial charge in [0.2, 0.25) is 0 Å². The lowest BCUT2D eigenvalue weighted by Crippen LogP contribution is -2.54. The molecule has 0 radical (unpaired) electrons. The Morgan fingerprint density at radius 3 is 2.41 bits per heavy atom. The summed E-state index contributed by atoms with van der Waals surface area (Å²) in [4.78, 5) is 34.2. The van der Waals surface area contributed by atoms with Crippen LogP contribution in [0.1, 0.15) is 37.5 Å². The smallest absolute Gasteiger partial charge is 0.433 e. The van der Waals surface area contributed by atoms with E-state index in [0.29, 0.717) is 21.9 Å². The van der Waals surface area contributed by atoms with Crippen molar-refractivity contribution >= 4 is 17.5 Å². The highest BCUT2D eigenvalue weighted by Gasteiger charge is 2.39. The number of nitrogens with zero attached hydrogens (tertiary/aromatic N) is 5. The third kappa shape index (κ3) is 7.29. The molecule has 1 amide bonds. The van der Waals surface area contributed by atoms with Crippen LogP contribution in [0.2, 0.25) is 0 Å². The molecule has 6 rings (SSSR count). The fraction of sp³-hybridized carbons (Fsp3) is 0.222. The minimum atomic E-state index is -4.87. The minimum absolute atomic E-state index is 0.0227. The number of amides is 1. The van der Waals surface area contributed by atoms with Crippen LogP contribution in [-0.2, 0) is 17.5 Å². The first-order chi connectivity index (χ1) is 24.3. The number of benzene rings is 3. The van der Waals surface area contributed by atoms with Gasteiger partial charge in [-0.25, -0.2) is 27.5 Å². The fourth-order valence-corrected chi connectivity index (χ4v) is 5.97. The Balaban J connectivity index is 1.36. The van der Waals surface area contributed by atoms with E-state index in [0.717, 1.165) is 18.5 Å². The number of esters is 1. The summed E-state index contributed by atoms with van der Waals surface area (Å²) in [7, 11) is 1.45. The molecule has 0 N–H and O–H groups in total. The highest BCUT2D eigenvalue weighted by Crippen LogP contribution is 2.37. The van der Waals surface area contributed by atoms with Gasteiger partial charge in [0.15, 0.2) is 23.0 Å². The van der Waals surface area contributed by atoms with Gasteiger partial charge in [0.25, 0.3) is 5.91 Å². The predicted octanol–water partition coefficient (Wildman–Crippen LogP) is 6.85. The third-order valence-electron chi connectivity index (χ3n) is 8.46. The van der Waals surface area contributed by atoms with Gasteiger partial charge in [-0.15, -0.1) is 0 Å². The quantitative estimate of drug-likeness (QED) is 0.0754. The average molecular weight is 710 g/mol. The van der Waals surface area contributed by atoms with Crippen molar-refractivity contribution in [2.75, 3.05) is 26.7 Å². The molecule has 1 aliphatic heterocycles. The second kappa shape index (κ2) is 14.3. The largest absolute Gasteiger partial charge is 0.497 e. The molecular weight excluding hydrogens is 680 g/mol. The first-order valence-electron chi connectivity index (χ1n) is 15.5. The number of aromatic nitrogens is 3. The van der Waals surface area contributed by atoms with Gasteiger partial charge in [-0.05, 0) is 55.5 Å². The Hall–Kier alpha value is -5.70. The van der Waals surface area contributed by atoms with Gasteiger partial charge >= 0.3 is 12.1 Å². The standard InChI is InChI=1S/C36H29F6N5O4/c1-21-31(22-8-10-27(50-2)11-9-22)44-33-28(18-43-47(33)32(21)36(40,41)42)34(48)46-14-13-45(19-24-16-25(37)17-29(38)30(24)39)20-26(46)12-15-51-35(49)23-6-4-3-5-7-23/h3-12,15-18,26H,13-14,19-20H2,1-2H3/b15-12+/t26-/m1/s1. The molecule has 1 aliphatic rings. The normalized spacial score (nSPS) is 15.5. The van der Waals surface area contributed by atoms with Gasteiger partial charge in [0.05, 0.1) is 36.9 Å². The molecule has 0 aliphatic carbocycles. The highest BCUT2D eigenvalue weighted by molar-refractivity contribution is 6.00. The van der Waals surface area contributed by atoms with Gasteiger partial charge in [-0.2, -0.15) is 18.3 Å². The molecule has 1 atom stereocenters. The zero-order valence-corrected chi connectivity index (χ0v) is 27.1. The van der Waals surface area contributed by atoms with Crippen molar-refractivity contribution in [2.24, 2.45) is 0 Å². The molecule has 264 valence electrons. The lowest BCUT2D eigenvalue weighted by atomic mass is 10.0. The average Bonchev–Trinajstić information content (AvgIpc) is 3.53. The number of ether oxygens (including phenoxy) is 2. The van der Waals surface area contributed by atoms with Gasteiger partial charge in [0, 0.05) is 48.9 Å². The Kier molecular flexibility index (Phi) is 9.83. The maximum Gasteiger partial charge on any atom is 0.433 e. The molecular formula is C36H29F6N5O4. The van der Waals surface area contributed by atoms with E-state index in [1.807, 2.05) is 0 Å². The van der Waals surface area contributed by atoms with Crippen molar-refractivity contribution in [1.29, 1.82) is 0 Å². The number of rotatable bonds is 8. The van der Waals surface area contributed by atoms with Crippen molar-refractivity contribution in [3.05, 3.63) is 131 Å². The molecule has 0 bridgehead atoms. The van der Waals surface area contributed by atoms with Crippen LogP contribution in [0.4, 0.5) is 26.3 Å². The van der Waals surface area contributed by atoms with Gasteiger partial charge in [0.1, 0.15) is 17.1 Å². The SMILES string of the molecule is COc1ccc(-c2nc3c(C(=O)N4CCN(Cc5cc(F)cc(F)c5F)C[C@H]4/C=C/OC(=O)c4ccccc4)cnn3c(C(F)(F)F)c2C)cc1. The van der Waals surface area contributed by atoms with Crippen LogP contribution in [0.5, 0.6) is 5.75 Å². The number of carbonyl (C=O) groups is 2. The van der Waals surface area contributed by atoms with Crippen LogP contribution in [0.3, 0.4) is 0 Å². The summed E-state index contributed by atoms with van der Waals surface area (Å²) in [5, 5.41) is 3.92. The van der Waals surface area contributed by atoms with Crippen LogP contribution in [0.15, 0.2) is 85.3 Å². The predicted molar refractivity (Wildman–Crippen MR) is 172 cm³/mol. The molecule has 3 heterocycles. The van der Waals surface area contributed by atoms with Crippen LogP contribution >= 0.6 is 0 Å². The van der Waals surface area contributed by atoms with Crippen molar-refractivity contribution < 1.29 is 45.4 Å². The molecule has 1 fully saturated rings. The number of fused-ring (bicyclic) bond motifs is 1.